The van der Waals surface area contributed by atoms with E-state index in [-0.39, 0.29) is 6.04 Å². The fraction of sp³-hybridized carbons (Fsp3) is 0.333. The minimum Gasteiger partial charge on any atom is -0.0862 e. The maximum atomic E-state index is 8.44. The van der Waals surface area contributed by atoms with E-state index in [9.17, 15) is 0 Å². The van der Waals surface area contributed by atoms with Crippen molar-refractivity contribution >= 4 is 6.08 Å². The van der Waals surface area contributed by atoms with Crippen molar-refractivity contribution in [1.29, 1.82) is 0 Å². The van der Waals surface area contributed by atoms with E-state index in [2.05, 4.69) is 28.2 Å². The SMILES string of the molecule is C[C@H](N=[N+]=[N-])c1cccc2c1C=CCC2. The molecule has 1 atom stereocenters. The average Bonchev–Trinajstić information content (AvgIpc) is 2.28. The molecule has 0 aliphatic heterocycles. The van der Waals surface area contributed by atoms with E-state index in [1.54, 1.807) is 0 Å². The number of allylic oxidation sites excluding steroid dienone is 1. The smallest absolute Gasteiger partial charge is 0.0603 e. The molecule has 0 N–H and O–H groups in total. The van der Waals surface area contributed by atoms with E-state index in [0.29, 0.717) is 0 Å². The number of azide groups is 1. The van der Waals surface area contributed by atoms with Gasteiger partial charge in [0.05, 0.1) is 6.04 Å². The highest BCUT2D eigenvalue weighted by Gasteiger charge is 2.12. The van der Waals surface area contributed by atoms with Crippen LogP contribution in [0.4, 0.5) is 0 Å². The first-order chi connectivity index (χ1) is 7.33. The van der Waals surface area contributed by atoms with E-state index in [1.165, 1.54) is 11.1 Å². The van der Waals surface area contributed by atoms with Crippen molar-refractivity contribution in [3.63, 3.8) is 0 Å². The van der Waals surface area contributed by atoms with Gasteiger partial charge in [-0.2, -0.15) is 0 Å². The van der Waals surface area contributed by atoms with Crippen LogP contribution in [0.2, 0.25) is 0 Å². The Morgan fingerprint density at radius 2 is 2.33 bits per heavy atom. The van der Waals surface area contributed by atoms with Gasteiger partial charge < -0.3 is 0 Å². The van der Waals surface area contributed by atoms with Crippen LogP contribution in [0.15, 0.2) is 29.4 Å². The summed E-state index contributed by atoms with van der Waals surface area (Å²) in [6, 6.07) is 6.13. The van der Waals surface area contributed by atoms with Gasteiger partial charge >= 0.3 is 0 Å². The third-order valence-corrected chi connectivity index (χ3v) is 2.77. The molecular weight excluding hydrogens is 186 g/mol. The summed E-state index contributed by atoms with van der Waals surface area (Å²) < 4.78 is 0. The van der Waals surface area contributed by atoms with Gasteiger partial charge in [-0.15, -0.1) is 0 Å². The van der Waals surface area contributed by atoms with Crippen LogP contribution in [-0.4, -0.2) is 0 Å². The van der Waals surface area contributed by atoms with Crippen molar-refractivity contribution in [3.8, 4) is 0 Å². The van der Waals surface area contributed by atoms with Crippen LogP contribution in [-0.2, 0) is 6.42 Å². The summed E-state index contributed by atoms with van der Waals surface area (Å²) in [5.74, 6) is 0. The predicted molar refractivity (Wildman–Crippen MR) is 61.4 cm³/mol. The summed E-state index contributed by atoms with van der Waals surface area (Å²) in [6.45, 7) is 1.93. The minimum absolute atomic E-state index is 0.0901. The third kappa shape index (κ3) is 1.88. The molecule has 0 radical (unpaired) electrons. The number of fused-ring (bicyclic) bond motifs is 1. The molecule has 1 aromatic rings. The summed E-state index contributed by atoms with van der Waals surface area (Å²) in [5, 5.41) is 3.75. The van der Waals surface area contributed by atoms with Crippen LogP contribution in [0, 0.1) is 0 Å². The van der Waals surface area contributed by atoms with Crippen molar-refractivity contribution in [1.82, 2.24) is 0 Å². The predicted octanol–water partition coefficient (Wildman–Crippen LogP) is 4.02. The second-order valence-electron chi connectivity index (χ2n) is 3.74. The van der Waals surface area contributed by atoms with Crippen molar-refractivity contribution in [3.05, 3.63) is 51.4 Å². The quantitative estimate of drug-likeness (QED) is 0.392. The zero-order chi connectivity index (χ0) is 10.7. The second kappa shape index (κ2) is 4.20. The van der Waals surface area contributed by atoms with E-state index in [4.69, 9.17) is 5.53 Å². The minimum atomic E-state index is -0.0901. The summed E-state index contributed by atoms with van der Waals surface area (Å²) in [4.78, 5) is 2.86. The van der Waals surface area contributed by atoms with Gasteiger partial charge in [0.2, 0.25) is 0 Å². The first kappa shape index (κ1) is 9.81. The van der Waals surface area contributed by atoms with Gasteiger partial charge in [0.25, 0.3) is 0 Å². The fourth-order valence-electron chi connectivity index (χ4n) is 2.00. The van der Waals surface area contributed by atoms with Crippen LogP contribution >= 0.6 is 0 Å². The molecule has 0 unspecified atom stereocenters. The van der Waals surface area contributed by atoms with Gasteiger partial charge in [-0.25, -0.2) is 0 Å². The standard InChI is InChI=1S/C12H13N3/c1-9(14-15-13)11-8-4-6-10-5-2-3-7-12(10)11/h3-4,6-9H,2,5H2,1H3/t9-/m0/s1. The molecule has 0 aromatic heterocycles. The Morgan fingerprint density at radius 1 is 1.47 bits per heavy atom. The molecule has 76 valence electrons. The number of hydrogen-bond acceptors (Lipinski definition) is 1. The molecule has 0 saturated heterocycles. The van der Waals surface area contributed by atoms with Crippen molar-refractivity contribution in [2.45, 2.75) is 25.8 Å². The molecule has 1 aromatic carbocycles. The van der Waals surface area contributed by atoms with E-state index < -0.39 is 0 Å². The maximum absolute atomic E-state index is 8.44. The van der Waals surface area contributed by atoms with Crippen LogP contribution in [0.5, 0.6) is 0 Å². The number of aryl methyl sites for hydroxylation is 1. The summed E-state index contributed by atoms with van der Waals surface area (Å²) in [6.07, 6.45) is 6.50. The summed E-state index contributed by atoms with van der Waals surface area (Å²) in [5.41, 5.74) is 12.2. The van der Waals surface area contributed by atoms with Gasteiger partial charge in [0, 0.05) is 4.91 Å². The lowest BCUT2D eigenvalue weighted by Crippen LogP contribution is -2.00. The Bertz CT molecular complexity index is 442. The first-order valence-electron chi connectivity index (χ1n) is 5.15. The molecule has 0 amide bonds. The Morgan fingerprint density at radius 3 is 3.13 bits per heavy atom. The lowest BCUT2D eigenvalue weighted by atomic mass is 9.91. The highest BCUT2D eigenvalue weighted by molar-refractivity contribution is 5.60. The van der Waals surface area contributed by atoms with Crippen LogP contribution < -0.4 is 0 Å². The second-order valence-corrected chi connectivity index (χ2v) is 3.74. The number of benzene rings is 1. The molecular formula is C12H13N3. The highest BCUT2D eigenvalue weighted by Crippen LogP contribution is 2.28. The molecule has 0 fully saturated rings. The number of hydrogen-bond donors (Lipinski definition) is 0. The third-order valence-electron chi connectivity index (χ3n) is 2.77. The van der Waals surface area contributed by atoms with Crippen molar-refractivity contribution in [2.75, 3.05) is 0 Å². The maximum Gasteiger partial charge on any atom is 0.0603 e. The molecule has 3 nitrogen and oxygen atoms in total. The summed E-state index contributed by atoms with van der Waals surface area (Å²) >= 11 is 0. The normalized spacial score (nSPS) is 15.3. The molecule has 3 heteroatoms. The molecule has 15 heavy (non-hydrogen) atoms. The molecule has 1 aliphatic carbocycles. The first-order valence-corrected chi connectivity index (χ1v) is 5.15. The lowest BCUT2D eigenvalue weighted by Gasteiger charge is -2.16. The van der Waals surface area contributed by atoms with Crippen LogP contribution in [0.1, 0.15) is 36.1 Å². The molecule has 0 spiro atoms. The van der Waals surface area contributed by atoms with Gasteiger partial charge in [-0.3, -0.25) is 0 Å². The van der Waals surface area contributed by atoms with Gasteiger partial charge in [-0.1, -0.05) is 42.4 Å². The molecule has 0 heterocycles. The Balaban J connectivity index is 2.49. The summed E-state index contributed by atoms with van der Waals surface area (Å²) in [7, 11) is 0. The van der Waals surface area contributed by atoms with E-state index in [1.807, 2.05) is 19.1 Å². The monoisotopic (exact) mass is 199 g/mol. The van der Waals surface area contributed by atoms with Crippen molar-refractivity contribution in [2.24, 2.45) is 5.11 Å². The Hall–Kier alpha value is -1.73. The Kier molecular flexibility index (Phi) is 2.75. The molecule has 1 aliphatic rings. The molecule has 0 bridgehead atoms. The zero-order valence-corrected chi connectivity index (χ0v) is 8.72. The highest BCUT2D eigenvalue weighted by atomic mass is 15.1. The van der Waals surface area contributed by atoms with Gasteiger partial charge in [0.1, 0.15) is 0 Å². The van der Waals surface area contributed by atoms with Gasteiger partial charge in [0.15, 0.2) is 0 Å². The fourth-order valence-corrected chi connectivity index (χ4v) is 2.00. The Labute approximate surface area is 89.1 Å². The zero-order valence-electron chi connectivity index (χ0n) is 8.72. The molecule has 2 rings (SSSR count). The van der Waals surface area contributed by atoms with Crippen LogP contribution in [0.3, 0.4) is 0 Å². The van der Waals surface area contributed by atoms with Crippen LogP contribution in [0.25, 0.3) is 16.5 Å². The van der Waals surface area contributed by atoms with Crippen molar-refractivity contribution < 1.29 is 0 Å². The number of nitrogens with zero attached hydrogens (tertiary/aromatic N) is 3. The topological polar surface area (TPSA) is 48.8 Å². The average molecular weight is 199 g/mol. The van der Waals surface area contributed by atoms with Gasteiger partial charge in [-0.05, 0) is 35.1 Å². The molecule has 0 saturated carbocycles. The van der Waals surface area contributed by atoms with E-state index in [0.717, 1.165) is 18.4 Å². The largest absolute Gasteiger partial charge is 0.0862 e. The lowest BCUT2D eigenvalue weighted by molar-refractivity contribution is 0.799. The number of rotatable bonds is 2. The van der Waals surface area contributed by atoms with E-state index >= 15 is 0 Å².